The number of hydrogen-bond donors (Lipinski definition) is 5. The Hall–Kier alpha value is -7.03. The third-order valence-corrected chi connectivity index (χ3v) is 8.72. The second-order valence-corrected chi connectivity index (χ2v) is 12.3. The zero-order valence-electron chi connectivity index (χ0n) is 27.1. The summed E-state index contributed by atoms with van der Waals surface area (Å²) in [5, 5.41) is 61.0. The van der Waals surface area contributed by atoms with E-state index >= 15 is 0 Å². The van der Waals surface area contributed by atoms with Gasteiger partial charge in [0.05, 0.1) is 29.2 Å². The van der Waals surface area contributed by atoms with Crippen molar-refractivity contribution >= 4 is 35.7 Å². The Morgan fingerprint density at radius 2 is 0.765 bits per heavy atom. The van der Waals surface area contributed by atoms with Gasteiger partial charge in [0.2, 0.25) is 0 Å². The van der Waals surface area contributed by atoms with Gasteiger partial charge in [-0.15, -0.1) is 12.6 Å². The number of benzene rings is 1. The van der Waals surface area contributed by atoms with Crippen LogP contribution in [-0.4, -0.2) is 79.0 Å². The van der Waals surface area contributed by atoms with Crippen LogP contribution >= 0.6 is 12.6 Å². The van der Waals surface area contributed by atoms with Crippen molar-refractivity contribution in [2.24, 2.45) is 0 Å². The van der Waals surface area contributed by atoms with Crippen molar-refractivity contribution in [3.8, 4) is 46.3 Å². The van der Waals surface area contributed by atoms with Gasteiger partial charge in [-0.25, -0.2) is 0 Å². The first-order valence-electron chi connectivity index (χ1n) is 15.2. The van der Waals surface area contributed by atoms with Crippen LogP contribution < -0.4 is 18.1 Å². The lowest BCUT2D eigenvalue weighted by Crippen LogP contribution is -2.27. The molecule has 9 aromatic rings. The quantitative estimate of drug-likeness (QED) is 0.113. The summed E-state index contributed by atoms with van der Waals surface area (Å²) in [6.45, 7) is 6.96. The molecule has 252 valence electrons. The van der Waals surface area contributed by atoms with Gasteiger partial charge >= 0.3 is 23.1 Å². The van der Waals surface area contributed by atoms with Crippen LogP contribution in [0.4, 0.5) is 0 Å². The van der Waals surface area contributed by atoms with Crippen molar-refractivity contribution in [2.75, 3.05) is 0 Å². The highest BCUT2D eigenvalue weighted by molar-refractivity contribution is 7.80. The van der Waals surface area contributed by atoms with E-state index in [2.05, 4.69) is 25.4 Å². The zero-order chi connectivity index (χ0) is 35.5. The van der Waals surface area contributed by atoms with Crippen LogP contribution in [0.2, 0.25) is 0 Å². The average Bonchev–Trinajstić information content (AvgIpc) is 3.86. The van der Waals surface area contributed by atoms with Gasteiger partial charge in [-0.1, -0.05) is 58.4 Å². The van der Waals surface area contributed by atoms with Crippen LogP contribution in [0.3, 0.4) is 0 Å². The fourth-order valence-electron chi connectivity index (χ4n) is 6.15. The van der Waals surface area contributed by atoms with Gasteiger partial charge < -0.3 is 20.4 Å². The van der Waals surface area contributed by atoms with Crippen molar-refractivity contribution in [3.63, 3.8) is 0 Å². The number of thiol groups is 1. The molecule has 0 radical (unpaired) electrons. The minimum atomic E-state index is -0.153. The number of hydrogen-bond acceptors (Lipinski definition) is 13. The molecule has 0 unspecified atom stereocenters. The predicted molar refractivity (Wildman–Crippen MR) is 172 cm³/mol. The third kappa shape index (κ3) is 4.34. The number of nitrogens with zero attached hydrogens (tertiary/aromatic N) is 16. The van der Waals surface area contributed by atoms with Crippen LogP contribution in [0.1, 0.15) is 22.8 Å². The molecule has 0 saturated carbocycles. The molecule has 21 heteroatoms. The van der Waals surface area contributed by atoms with Crippen LogP contribution in [0.5, 0.6) is 23.5 Å². The summed E-state index contributed by atoms with van der Waals surface area (Å²) in [6.07, 6.45) is 5.92. The molecule has 8 heterocycles. The average molecular weight is 707 g/mol. The van der Waals surface area contributed by atoms with Crippen molar-refractivity contribution < 1.29 is 38.5 Å². The maximum absolute atomic E-state index is 10.9. The Balaban J connectivity index is 1.52. The number of rotatable bonds is 4. The van der Waals surface area contributed by atoms with Gasteiger partial charge in [0, 0.05) is 6.07 Å². The fraction of sp³-hybridized carbons (Fsp3) is 0.133. The van der Waals surface area contributed by atoms with E-state index in [1.807, 2.05) is 0 Å². The molecular formula is C30H26N16O4S+4. The van der Waals surface area contributed by atoms with Crippen LogP contribution in [0.25, 0.3) is 45.9 Å². The lowest BCUT2D eigenvalue weighted by Gasteiger charge is -2.14. The Bertz CT molecular complexity index is 2950. The van der Waals surface area contributed by atoms with Gasteiger partial charge in [-0.2, -0.15) is 18.3 Å². The summed E-state index contributed by atoms with van der Waals surface area (Å²) in [4.78, 5) is 19.1. The minimum absolute atomic E-state index is 0.128. The highest BCUT2D eigenvalue weighted by Crippen LogP contribution is 2.38. The van der Waals surface area contributed by atoms with E-state index in [1.54, 1.807) is 52.0 Å². The Morgan fingerprint density at radius 3 is 1.16 bits per heavy atom. The first-order valence-corrected chi connectivity index (χ1v) is 15.7. The van der Waals surface area contributed by atoms with E-state index in [0.717, 1.165) is 0 Å². The van der Waals surface area contributed by atoms with Gasteiger partial charge in [0.25, 0.3) is 23.5 Å². The van der Waals surface area contributed by atoms with Crippen molar-refractivity contribution in [1.82, 2.24) is 58.6 Å². The van der Waals surface area contributed by atoms with E-state index in [0.29, 0.717) is 50.4 Å². The van der Waals surface area contributed by atoms with E-state index in [9.17, 15) is 20.4 Å². The largest absolute Gasteiger partial charge is 0.482 e. The van der Waals surface area contributed by atoms with Crippen molar-refractivity contribution in [2.45, 2.75) is 32.6 Å². The van der Waals surface area contributed by atoms with E-state index in [1.165, 1.54) is 67.6 Å². The molecule has 0 bridgehead atoms. The van der Waals surface area contributed by atoms with Gasteiger partial charge in [0.1, 0.15) is 28.5 Å². The highest BCUT2D eigenvalue weighted by atomic mass is 32.1. The number of fused-ring (bicyclic) bond motifs is 4. The molecule has 0 fully saturated rings. The summed E-state index contributed by atoms with van der Waals surface area (Å²) in [7, 11) is 0. The smallest absolute Gasteiger partial charge is 0.432 e. The molecule has 0 aliphatic heterocycles. The lowest BCUT2D eigenvalue weighted by atomic mass is 10.1. The predicted octanol–water partition coefficient (Wildman–Crippen LogP) is -0.691. The topological polar surface area (TPSA) is 220 Å². The first-order chi connectivity index (χ1) is 24.5. The van der Waals surface area contributed by atoms with Gasteiger partial charge in [-0.05, 0) is 27.7 Å². The molecule has 0 spiro atoms. The van der Waals surface area contributed by atoms with E-state index < -0.39 is 0 Å². The number of aromatic nitrogens is 16. The third-order valence-electron chi connectivity index (χ3n) is 8.28. The zero-order valence-corrected chi connectivity index (χ0v) is 28.0. The maximum atomic E-state index is 10.9. The second-order valence-electron chi connectivity index (χ2n) is 11.8. The summed E-state index contributed by atoms with van der Waals surface area (Å²) >= 11 is 5.13. The second kappa shape index (κ2) is 10.5. The molecule has 51 heavy (non-hydrogen) atoms. The molecule has 9 rings (SSSR count). The summed E-state index contributed by atoms with van der Waals surface area (Å²) < 4.78 is 11.7. The van der Waals surface area contributed by atoms with Gasteiger partial charge in [0.15, 0.2) is 42.4 Å². The maximum Gasteiger partial charge on any atom is 0.432 e. The minimum Gasteiger partial charge on any atom is -0.482 e. The molecule has 0 saturated heterocycles. The summed E-state index contributed by atoms with van der Waals surface area (Å²) in [5.41, 5.74) is 3.65. The van der Waals surface area contributed by atoms with E-state index in [4.69, 9.17) is 27.6 Å². The molecule has 4 N–H and O–H groups in total. The Kier molecular flexibility index (Phi) is 6.18. The van der Waals surface area contributed by atoms with Crippen molar-refractivity contribution in [3.05, 3.63) is 78.4 Å². The molecule has 8 aromatic heterocycles. The van der Waals surface area contributed by atoms with Crippen LogP contribution in [0.15, 0.2) is 60.5 Å². The van der Waals surface area contributed by atoms with E-state index in [-0.39, 0.29) is 46.6 Å². The molecule has 0 aliphatic rings. The molecule has 1 aromatic carbocycles. The number of aromatic hydroxyl groups is 4. The van der Waals surface area contributed by atoms with Crippen molar-refractivity contribution in [1.29, 1.82) is 0 Å². The highest BCUT2D eigenvalue weighted by Gasteiger charge is 2.37. The standard InChI is InChI=1S/C30H22N16O4S/c1-14-5-20(47)43-27(35-14)39(10-31-43)18-9-19(40-11-32-44-21(48)6-15(2)36-28(40)44)26(51)25(42-13-34-46-23(50)8-17(4)38-30(42)46)24(18)41-12-33-45-22(49)7-16(3)37-29(41)45/h5-13,51H,1-4H3/p+4. The first kappa shape index (κ1) is 30.1. The van der Waals surface area contributed by atoms with Crippen LogP contribution in [-0.2, 0) is 0 Å². The molecule has 0 amide bonds. The monoisotopic (exact) mass is 706 g/mol. The molecule has 20 nitrogen and oxygen atoms in total. The molecule has 0 atom stereocenters. The number of aryl methyl sites for hydroxylation is 4. The SMILES string of the molecule is Cc1cc(O)[n+]2ncn(-c3cc(-n4cn[n+]5c(O)cc(C)nc45)c(-n4cn[n+]5c(O)cc(C)nc45)c(-n4cn[n+]5c(O)cc(C)nc45)c3S)c2n1. The Labute approximate surface area is 289 Å². The normalized spacial score (nSPS) is 11.9. The Morgan fingerprint density at radius 1 is 0.451 bits per heavy atom. The lowest BCUT2D eigenvalue weighted by molar-refractivity contribution is -0.589. The summed E-state index contributed by atoms with van der Waals surface area (Å²) in [6, 6.07) is 7.72. The summed E-state index contributed by atoms with van der Waals surface area (Å²) in [5.74, 6) is 0.396. The molecular weight excluding hydrogens is 681 g/mol. The van der Waals surface area contributed by atoms with Gasteiger partial charge in [-0.3, -0.25) is 0 Å². The van der Waals surface area contributed by atoms with Crippen LogP contribution in [0, 0.1) is 27.7 Å². The fourth-order valence-corrected chi connectivity index (χ4v) is 6.53. The molecule has 0 aliphatic carbocycles.